The lowest BCUT2D eigenvalue weighted by Gasteiger charge is -2.31. The van der Waals surface area contributed by atoms with Crippen LogP contribution in [0.3, 0.4) is 0 Å². The number of benzene rings is 1. The Balaban J connectivity index is 1.96. The summed E-state index contributed by atoms with van der Waals surface area (Å²) in [4.78, 5) is 16.3. The Morgan fingerprint density at radius 2 is 1.62 bits per heavy atom. The van der Waals surface area contributed by atoms with E-state index in [-0.39, 0.29) is 11.3 Å². The van der Waals surface area contributed by atoms with Gasteiger partial charge in [-0.05, 0) is 29.7 Å². The van der Waals surface area contributed by atoms with Crippen LogP contribution >= 0.6 is 0 Å². The van der Waals surface area contributed by atoms with Crippen LogP contribution in [-0.2, 0) is 10.2 Å². The molecule has 1 heterocycles. The third-order valence-corrected chi connectivity index (χ3v) is 4.01. The minimum Gasteiger partial charge on any atom is -0.337 e. The molecule has 1 aliphatic heterocycles. The second kappa shape index (κ2) is 6.44. The van der Waals surface area contributed by atoms with Crippen molar-refractivity contribution in [1.29, 1.82) is 0 Å². The van der Waals surface area contributed by atoms with Crippen molar-refractivity contribution in [2.45, 2.75) is 26.2 Å². The number of nitrogens with zero attached hydrogens (tertiary/aromatic N) is 2. The fourth-order valence-electron chi connectivity index (χ4n) is 2.39. The van der Waals surface area contributed by atoms with Crippen LogP contribution in [0.4, 0.5) is 0 Å². The summed E-state index contributed by atoms with van der Waals surface area (Å²) < 4.78 is 0. The molecule has 0 N–H and O–H groups in total. The van der Waals surface area contributed by atoms with Gasteiger partial charge in [0.1, 0.15) is 0 Å². The van der Waals surface area contributed by atoms with Gasteiger partial charge in [-0.2, -0.15) is 0 Å². The first-order valence-corrected chi connectivity index (χ1v) is 7.62. The fourth-order valence-corrected chi connectivity index (χ4v) is 2.39. The quantitative estimate of drug-likeness (QED) is 0.781. The van der Waals surface area contributed by atoms with E-state index in [1.807, 2.05) is 11.0 Å². The SMILES string of the molecule is CN1CCN(C(=O)C=Cc2ccc(C(C)(C)C)cc2)CC1. The first-order valence-electron chi connectivity index (χ1n) is 7.62. The highest BCUT2D eigenvalue weighted by Crippen LogP contribution is 2.22. The summed E-state index contributed by atoms with van der Waals surface area (Å²) in [6.07, 6.45) is 3.60. The summed E-state index contributed by atoms with van der Waals surface area (Å²) in [6.45, 7) is 10.2. The molecule has 0 unspecified atom stereocenters. The number of amides is 1. The zero-order chi connectivity index (χ0) is 15.5. The first-order chi connectivity index (χ1) is 9.86. The molecule has 1 aromatic rings. The molecule has 0 atom stereocenters. The Hall–Kier alpha value is -1.61. The molecular formula is C18H26N2O. The lowest BCUT2D eigenvalue weighted by molar-refractivity contribution is -0.127. The Labute approximate surface area is 128 Å². The molecule has 0 bridgehead atoms. The van der Waals surface area contributed by atoms with Crippen LogP contribution < -0.4 is 0 Å². The molecule has 0 aliphatic carbocycles. The average Bonchev–Trinajstić information content (AvgIpc) is 2.45. The zero-order valence-electron chi connectivity index (χ0n) is 13.6. The Bertz CT molecular complexity index is 503. The molecular weight excluding hydrogens is 260 g/mol. The van der Waals surface area contributed by atoms with E-state index in [9.17, 15) is 4.79 Å². The molecule has 3 nitrogen and oxygen atoms in total. The summed E-state index contributed by atoms with van der Waals surface area (Å²) in [6, 6.07) is 8.43. The third-order valence-electron chi connectivity index (χ3n) is 4.01. The average molecular weight is 286 g/mol. The summed E-state index contributed by atoms with van der Waals surface area (Å²) in [5.41, 5.74) is 2.55. The molecule has 1 aliphatic rings. The lowest BCUT2D eigenvalue weighted by Crippen LogP contribution is -2.46. The number of rotatable bonds is 2. The van der Waals surface area contributed by atoms with Gasteiger partial charge >= 0.3 is 0 Å². The van der Waals surface area contributed by atoms with E-state index in [1.54, 1.807) is 6.08 Å². The van der Waals surface area contributed by atoms with Crippen LogP contribution in [0.1, 0.15) is 31.9 Å². The minimum absolute atomic E-state index is 0.114. The molecule has 0 spiro atoms. The maximum atomic E-state index is 12.1. The fraction of sp³-hybridized carbons (Fsp3) is 0.500. The van der Waals surface area contributed by atoms with Crippen molar-refractivity contribution in [3.8, 4) is 0 Å². The predicted octanol–water partition coefficient (Wildman–Crippen LogP) is 2.77. The molecule has 0 radical (unpaired) electrons. The van der Waals surface area contributed by atoms with Crippen LogP contribution in [-0.4, -0.2) is 48.9 Å². The topological polar surface area (TPSA) is 23.6 Å². The van der Waals surface area contributed by atoms with Gasteiger partial charge in [0, 0.05) is 32.3 Å². The minimum atomic E-state index is 0.114. The van der Waals surface area contributed by atoms with E-state index in [0.29, 0.717) is 0 Å². The van der Waals surface area contributed by atoms with Crippen molar-refractivity contribution in [2.75, 3.05) is 33.2 Å². The number of carbonyl (C=O) groups excluding carboxylic acids is 1. The van der Waals surface area contributed by atoms with Crippen molar-refractivity contribution in [1.82, 2.24) is 9.80 Å². The van der Waals surface area contributed by atoms with E-state index < -0.39 is 0 Å². The van der Waals surface area contributed by atoms with Gasteiger partial charge in [-0.15, -0.1) is 0 Å². The van der Waals surface area contributed by atoms with Crippen molar-refractivity contribution < 1.29 is 4.79 Å². The van der Waals surface area contributed by atoms with Crippen LogP contribution in [0.5, 0.6) is 0 Å². The smallest absolute Gasteiger partial charge is 0.246 e. The number of likely N-dealkylation sites (N-methyl/N-ethyl adjacent to an activating group) is 1. The Morgan fingerprint density at radius 3 is 2.14 bits per heavy atom. The van der Waals surface area contributed by atoms with E-state index in [2.05, 4.69) is 57.0 Å². The van der Waals surface area contributed by atoms with Gasteiger partial charge in [0.2, 0.25) is 5.91 Å². The van der Waals surface area contributed by atoms with Gasteiger partial charge in [0.25, 0.3) is 0 Å². The standard InChI is InChI=1S/C18H26N2O/c1-18(2,3)16-8-5-15(6-9-16)7-10-17(21)20-13-11-19(4)12-14-20/h5-10H,11-14H2,1-4H3. The van der Waals surface area contributed by atoms with Gasteiger partial charge in [-0.25, -0.2) is 0 Å². The van der Waals surface area contributed by atoms with Gasteiger partial charge < -0.3 is 9.80 Å². The van der Waals surface area contributed by atoms with Crippen LogP contribution in [0.15, 0.2) is 30.3 Å². The van der Waals surface area contributed by atoms with Crippen molar-refractivity contribution in [3.05, 3.63) is 41.5 Å². The first kappa shape index (κ1) is 15.8. The summed E-state index contributed by atoms with van der Waals surface area (Å²) in [5, 5.41) is 0. The van der Waals surface area contributed by atoms with Crippen LogP contribution in [0, 0.1) is 0 Å². The van der Waals surface area contributed by atoms with E-state index in [4.69, 9.17) is 0 Å². The summed E-state index contributed by atoms with van der Waals surface area (Å²) >= 11 is 0. The van der Waals surface area contributed by atoms with Gasteiger partial charge in [0.15, 0.2) is 0 Å². The third kappa shape index (κ3) is 4.43. The molecule has 3 heteroatoms. The number of hydrogen-bond donors (Lipinski definition) is 0. The molecule has 21 heavy (non-hydrogen) atoms. The second-order valence-electron chi connectivity index (χ2n) is 6.83. The Morgan fingerprint density at radius 1 is 1.05 bits per heavy atom. The normalized spacial score (nSPS) is 17.4. The molecule has 2 rings (SSSR count). The van der Waals surface area contributed by atoms with Crippen molar-refractivity contribution >= 4 is 12.0 Å². The highest BCUT2D eigenvalue weighted by molar-refractivity contribution is 5.91. The van der Waals surface area contributed by atoms with E-state index in [0.717, 1.165) is 31.7 Å². The summed E-state index contributed by atoms with van der Waals surface area (Å²) in [7, 11) is 2.09. The van der Waals surface area contributed by atoms with Gasteiger partial charge in [-0.1, -0.05) is 45.0 Å². The summed E-state index contributed by atoms with van der Waals surface area (Å²) in [5.74, 6) is 0.114. The molecule has 1 amide bonds. The number of hydrogen-bond acceptors (Lipinski definition) is 2. The van der Waals surface area contributed by atoms with Gasteiger partial charge in [0.05, 0.1) is 0 Å². The highest BCUT2D eigenvalue weighted by atomic mass is 16.2. The highest BCUT2D eigenvalue weighted by Gasteiger charge is 2.16. The van der Waals surface area contributed by atoms with E-state index >= 15 is 0 Å². The molecule has 1 fully saturated rings. The monoisotopic (exact) mass is 286 g/mol. The van der Waals surface area contributed by atoms with Crippen LogP contribution in [0.25, 0.3) is 6.08 Å². The molecule has 114 valence electrons. The maximum absolute atomic E-state index is 12.1. The molecule has 1 aromatic carbocycles. The largest absolute Gasteiger partial charge is 0.337 e. The maximum Gasteiger partial charge on any atom is 0.246 e. The molecule has 0 saturated carbocycles. The van der Waals surface area contributed by atoms with Gasteiger partial charge in [-0.3, -0.25) is 4.79 Å². The molecule has 0 aromatic heterocycles. The zero-order valence-corrected chi connectivity index (χ0v) is 13.6. The number of carbonyl (C=O) groups is 1. The predicted molar refractivity (Wildman–Crippen MR) is 88.3 cm³/mol. The van der Waals surface area contributed by atoms with E-state index in [1.165, 1.54) is 5.56 Å². The van der Waals surface area contributed by atoms with Crippen LogP contribution in [0.2, 0.25) is 0 Å². The number of piperazine rings is 1. The molecule has 1 saturated heterocycles. The Kier molecular flexibility index (Phi) is 4.84. The van der Waals surface area contributed by atoms with Crippen molar-refractivity contribution in [3.63, 3.8) is 0 Å². The second-order valence-corrected chi connectivity index (χ2v) is 6.83. The lowest BCUT2D eigenvalue weighted by atomic mass is 9.87. The van der Waals surface area contributed by atoms with Crippen molar-refractivity contribution in [2.24, 2.45) is 0 Å².